The van der Waals surface area contributed by atoms with Gasteiger partial charge in [-0.15, -0.1) is 11.8 Å². The molecule has 0 radical (unpaired) electrons. The highest BCUT2D eigenvalue weighted by molar-refractivity contribution is 7.98. The maximum absolute atomic E-state index is 13.7. The second-order valence-electron chi connectivity index (χ2n) is 4.63. The molecule has 1 heterocycles. The Labute approximate surface area is 127 Å². The SMILES string of the molecule is COc1cccc(SCc2cc(F)cc3c2OCOC3)c1. The van der Waals surface area contributed by atoms with Crippen LogP contribution in [0.4, 0.5) is 4.39 Å². The lowest BCUT2D eigenvalue weighted by molar-refractivity contribution is -0.0171. The Balaban J connectivity index is 1.80. The summed E-state index contributed by atoms with van der Waals surface area (Å²) in [5.74, 6) is 1.93. The van der Waals surface area contributed by atoms with Crippen molar-refractivity contribution in [3.05, 3.63) is 53.3 Å². The summed E-state index contributed by atoms with van der Waals surface area (Å²) in [6.45, 7) is 0.610. The van der Waals surface area contributed by atoms with E-state index >= 15 is 0 Å². The van der Waals surface area contributed by atoms with E-state index in [1.165, 1.54) is 12.1 Å². The first kappa shape index (κ1) is 14.2. The van der Waals surface area contributed by atoms with Gasteiger partial charge in [-0.2, -0.15) is 0 Å². The minimum atomic E-state index is -0.260. The van der Waals surface area contributed by atoms with E-state index in [1.54, 1.807) is 18.9 Å². The Bertz CT molecular complexity index is 645. The summed E-state index contributed by atoms with van der Waals surface area (Å²) in [6, 6.07) is 10.8. The fraction of sp³-hybridized carbons (Fsp3) is 0.250. The molecule has 0 saturated carbocycles. The fourth-order valence-electron chi connectivity index (χ4n) is 2.22. The normalized spacial score (nSPS) is 13.4. The molecule has 21 heavy (non-hydrogen) atoms. The van der Waals surface area contributed by atoms with Crippen LogP contribution in [0.25, 0.3) is 0 Å². The van der Waals surface area contributed by atoms with E-state index in [1.807, 2.05) is 24.3 Å². The molecule has 0 aromatic heterocycles. The summed E-state index contributed by atoms with van der Waals surface area (Å²) in [5, 5.41) is 0. The van der Waals surface area contributed by atoms with Crippen molar-refractivity contribution >= 4 is 11.8 Å². The van der Waals surface area contributed by atoms with Crippen LogP contribution in [0.2, 0.25) is 0 Å². The maximum atomic E-state index is 13.7. The molecule has 0 amide bonds. The Hall–Kier alpha value is -1.72. The second kappa shape index (κ2) is 6.37. The Morgan fingerprint density at radius 2 is 2.19 bits per heavy atom. The molecule has 0 aliphatic carbocycles. The molecule has 0 fully saturated rings. The number of ether oxygens (including phenoxy) is 3. The first-order valence-electron chi connectivity index (χ1n) is 6.55. The van der Waals surface area contributed by atoms with Crippen LogP contribution in [-0.4, -0.2) is 13.9 Å². The van der Waals surface area contributed by atoms with E-state index < -0.39 is 0 Å². The topological polar surface area (TPSA) is 27.7 Å². The third kappa shape index (κ3) is 3.31. The molecule has 1 aliphatic rings. The fourth-order valence-corrected chi connectivity index (χ4v) is 3.13. The quantitative estimate of drug-likeness (QED) is 0.798. The van der Waals surface area contributed by atoms with E-state index in [0.29, 0.717) is 12.4 Å². The Morgan fingerprint density at radius 3 is 3.05 bits per heavy atom. The molecular weight excluding hydrogens is 291 g/mol. The van der Waals surface area contributed by atoms with E-state index in [4.69, 9.17) is 14.2 Å². The molecule has 5 heteroatoms. The first-order valence-corrected chi connectivity index (χ1v) is 7.53. The van der Waals surface area contributed by atoms with Gasteiger partial charge in [-0.25, -0.2) is 4.39 Å². The summed E-state index contributed by atoms with van der Waals surface area (Å²) in [7, 11) is 1.64. The van der Waals surface area contributed by atoms with Gasteiger partial charge in [0, 0.05) is 21.8 Å². The average molecular weight is 306 g/mol. The largest absolute Gasteiger partial charge is 0.497 e. The zero-order chi connectivity index (χ0) is 14.7. The highest BCUT2D eigenvalue weighted by Crippen LogP contribution is 2.34. The molecule has 3 rings (SSSR count). The molecule has 110 valence electrons. The van der Waals surface area contributed by atoms with Gasteiger partial charge >= 0.3 is 0 Å². The van der Waals surface area contributed by atoms with E-state index in [2.05, 4.69) is 0 Å². The van der Waals surface area contributed by atoms with Gasteiger partial charge in [-0.1, -0.05) is 6.07 Å². The van der Waals surface area contributed by atoms with E-state index in [9.17, 15) is 4.39 Å². The number of benzene rings is 2. The zero-order valence-electron chi connectivity index (χ0n) is 11.6. The van der Waals surface area contributed by atoms with Crippen LogP contribution in [-0.2, 0) is 17.1 Å². The standard InChI is InChI=1S/C16H15FO3S/c1-18-14-3-2-4-15(7-14)21-9-12-6-13(17)5-11-8-19-10-20-16(11)12/h2-7H,8-10H2,1H3. The van der Waals surface area contributed by atoms with Crippen LogP contribution < -0.4 is 9.47 Å². The molecule has 0 spiro atoms. The third-order valence-corrected chi connectivity index (χ3v) is 4.23. The van der Waals surface area contributed by atoms with Gasteiger partial charge in [0.1, 0.15) is 17.3 Å². The van der Waals surface area contributed by atoms with Crippen molar-refractivity contribution in [2.24, 2.45) is 0 Å². The summed E-state index contributed by atoms with van der Waals surface area (Å²) >= 11 is 1.62. The van der Waals surface area contributed by atoms with Crippen molar-refractivity contribution in [1.29, 1.82) is 0 Å². The molecule has 1 aliphatic heterocycles. The number of hydrogen-bond donors (Lipinski definition) is 0. The highest BCUT2D eigenvalue weighted by atomic mass is 32.2. The van der Waals surface area contributed by atoms with E-state index in [0.717, 1.165) is 27.5 Å². The van der Waals surface area contributed by atoms with Gasteiger partial charge in [0.2, 0.25) is 0 Å². The van der Waals surface area contributed by atoms with Gasteiger partial charge < -0.3 is 14.2 Å². The summed E-state index contributed by atoms with van der Waals surface area (Å²) in [5.41, 5.74) is 1.61. The smallest absolute Gasteiger partial charge is 0.189 e. The molecule has 0 unspecified atom stereocenters. The minimum Gasteiger partial charge on any atom is -0.497 e. The Kier molecular flexibility index (Phi) is 4.31. The zero-order valence-corrected chi connectivity index (χ0v) is 12.4. The van der Waals surface area contributed by atoms with Crippen LogP contribution in [0.5, 0.6) is 11.5 Å². The van der Waals surface area contributed by atoms with Gasteiger partial charge in [-0.3, -0.25) is 0 Å². The van der Waals surface area contributed by atoms with Crippen LogP contribution in [0.1, 0.15) is 11.1 Å². The highest BCUT2D eigenvalue weighted by Gasteiger charge is 2.17. The number of thioether (sulfide) groups is 1. The molecule has 0 N–H and O–H groups in total. The van der Waals surface area contributed by atoms with Crippen LogP contribution in [0.3, 0.4) is 0 Å². The minimum absolute atomic E-state index is 0.218. The lowest BCUT2D eigenvalue weighted by Crippen LogP contribution is -2.13. The van der Waals surface area contributed by atoms with Crippen molar-refractivity contribution in [1.82, 2.24) is 0 Å². The van der Waals surface area contributed by atoms with Gasteiger partial charge in [0.25, 0.3) is 0 Å². The molecule has 2 aromatic rings. The van der Waals surface area contributed by atoms with Crippen LogP contribution in [0.15, 0.2) is 41.3 Å². The molecule has 0 bridgehead atoms. The lowest BCUT2D eigenvalue weighted by Gasteiger charge is -2.20. The molecule has 2 aromatic carbocycles. The number of fused-ring (bicyclic) bond motifs is 1. The second-order valence-corrected chi connectivity index (χ2v) is 5.68. The number of methoxy groups -OCH3 is 1. The van der Waals surface area contributed by atoms with Crippen molar-refractivity contribution in [3.8, 4) is 11.5 Å². The average Bonchev–Trinajstić information content (AvgIpc) is 2.52. The van der Waals surface area contributed by atoms with Crippen molar-refractivity contribution in [2.75, 3.05) is 13.9 Å². The molecule has 0 saturated heterocycles. The predicted molar refractivity (Wildman–Crippen MR) is 79.2 cm³/mol. The van der Waals surface area contributed by atoms with Crippen molar-refractivity contribution in [3.63, 3.8) is 0 Å². The Morgan fingerprint density at radius 1 is 1.29 bits per heavy atom. The number of rotatable bonds is 4. The third-order valence-electron chi connectivity index (χ3n) is 3.19. The molecular formula is C16H15FO3S. The van der Waals surface area contributed by atoms with Crippen LogP contribution >= 0.6 is 11.8 Å². The summed E-state index contributed by atoms with van der Waals surface area (Å²) in [6.07, 6.45) is 0. The van der Waals surface area contributed by atoms with Crippen LogP contribution in [0, 0.1) is 5.82 Å². The van der Waals surface area contributed by atoms with Gasteiger partial charge in [-0.05, 0) is 30.3 Å². The van der Waals surface area contributed by atoms with Gasteiger partial charge in [0.15, 0.2) is 6.79 Å². The molecule has 3 nitrogen and oxygen atoms in total. The number of halogens is 1. The van der Waals surface area contributed by atoms with Crippen molar-refractivity contribution in [2.45, 2.75) is 17.3 Å². The summed E-state index contributed by atoms with van der Waals surface area (Å²) < 4.78 is 29.6. The predicted octanol–water partition coefficient (Wildman–Crippen LogP) is 3.99. The molecule has 0 atom stereocenters. The lowest BCUT2D eigenvalue weighted by atomic mass is 10.1. The number of hydrogen-bond acceptors (Lipinski definition) is 4. The van der Waals surface area contributed by atoms with Crippen molar-refractivity contribution < 1.29 is 18.6 Å². The van der Waals surface area contributed by atoms with Gasteiger partial charge in [0.05, 0.1) is 13.7 Å². The first-order chi connectivity index (χ1) is 10.3. The van der Waals surface area contributed by atoms with E-state index in [-0.39, 0.29) is 12.6 Å². The summed E-state index contributed by atoms with van der Waals surface area (Å²) in [4.78, 5) is 1.07. The monoisotopic (exact) mass is 306 g/mol. The maximum Gasteiger partial charge on any atom is 0.189 e.